The van der Waals surface area contributed by atoms with Crippen molar-refractivity contribution in [1.29, 1.82) is 0 Å². The smallest absolute Gasteiger partial charge is 0.442 e. The highest BCUT2D eigenvalue weighted by Gasteiger charge is 2.28. The van der Waals surface area contributed by atoms with Gasteiger partial charge in [-0.15, -0.1) is 0 Å². The number of hydrogen-bond donors (Lipinski definition) is 1. The molecule has 7 nitrogen and oxygen atoms in total. The molecule has 0 amide bonds. The van der Waals surface area contributed by atoms with E-state index in [9.17, 15) is 4.57 Å². The molecule has 18 heavy (non-hydrogen) atoms. The number of methoxy groups -OCH3 is 1. The summed E-state index contributed by atoms with van der Waals surface area (Å²) in [6.07, 6.45) is 5.07. The summed E-state index contributed by atoms with van der Waals surface area (Å²) in [5.74, 6) is 0. The molecule has 0 heterocycles. The lowest BCUT2D eigenvalue weighted by Gasteiger charge is -2.26. The fraction of sp³-hybridized carbons (Fsp3) is 0.778. The van der Waals surface area contributed by atoms with Crippen molar-refractivity contribution < 1.29 is 32.7 Å². The molecule has 0 aliphatic rings. The van der Waals surface area contributed by atoms with E-state index in [-0.39, 0.29) is 6.61 Å². The average Bonchev–Trinajstić information content (AvgIpc) is 2.29. The SMILES string of the molecule is [B][C@H](OC(COC)OP(=O)(O)OC)[C@H](C)OC#C. The third kappa shape index (κ3) is 7.02. The molecule has 9 heteroatoms. The summed E-state index contributed by atoms with van der Waals surface area (Å²) in [6.45, 7) is 1.45. The van der Waals surface area contributed by atoms with Gasteiger partial charge in [0.25, 0.3) is 0 Å². The van der Waals surface area contributed by atoms with Crippen LogP contribution in [-0.4, -0.2) is 52.0 Å². The lowest BCUT2D eigenvalue weighted by atomic mass is 9.95. The molecule has 0 aromatic carbocycles. The predicted molar refractivity (Wildman–Crippen MR) is 63.6 cm³/mol. The molecular weight excluding hydrogens is 262 g/mol. The van der Waals surface area contributed by atoms with Crippen molar-refractivity contribution in [3.05, 3.63) is 0 Å². The van der Waals surface area contributed by atoms with E-state index in [4.69, 9.17) is 33.4 Å². The maximum absolute atomic E-state index is 11.2. The van der Waals surface area contributed by atoms with Crippen LogP contribution in [0, 0.1) is 12.5 Å². The Bertz CT molecular complexity index is 319. The number of hydrogen-bond acceptors (Lipinski definition) is 6. The summed E-state index contributed by atoms with van der Waals surface area (Å²) in [5, 5.41) is 0. The fourth-order valence-electron chi connectivity index (χ4n) is 0.883. The molecule has 0 spiro atoms. The monoisotopic (exact) mass is 278 g/mol. The van der Waals surface area contributed by atoms with Crippen LogP contribution in [0.25, 0.3) is 0 Å². The van der Waals surface area contributed by atoms with E-state index in [0.29, 0.717) is 0 Å². The largest absolute Gasteiger partial charge is 0.474 e. The molecule has 1 N–H and O–H groups in total. The van der Waals surface area contributed by atoms with Crippen LogP contribution in [0.5, 0.6) is 0 Å². The zero-order valence-electron chi connectivity index (χ0n) is 10.4. The van der Waals surface area contributed by atoms with Crippen LogP contribution in [0.4, 0.5) is 0 Å². The molecule has 102 valence electrons. The summed E-state index contributed by atoms with van der Waals surface area (Å²) in [6, 6.07) is -0.960. The molecule has 4 atom stereocenters. The Morgan fingerprint density at radius 2 is 2.11 bits per heavy atom. The Labute approximate surface area is 108 Å². The van der Waals surface area contributed by atoms with Gasteiger partial charge in [0.2, 0.25) is 0 Å². The first-order valence-corrected chi connectivity index (χ1v) is 6.44. The number of phosphoric ester groups is 1. The van der Waals surface area contributed by atoms with Gasteiger partial charge in [-0.05, 0) is 6.92 Å². The quantitative estimate of drug-likeness (QED) is 0.280. The molecule has 0 fully saturated rings. The van der Waals surface area contributed by atoms with Gasteiger partial charge in [0.05, 0.1) is 12.6 Å². The van der Waals surface area contributed by atoms with Gasteiger partial charge in [-0.2, -0.15) is 0 Å². The van der Waals surface area contributed by atoms with Crippen molar-refractivity contribution in [2.45, 2.75) is 25.3 Å². The second-order valence-electron chi connectivity index (χ2n) is 3.18. The van der Waals surface area contributed by atoms with E-state index in [1.54, 1.807) is 6.92 Å². The number of rotatable bonds is 9. The van der Waals surface area contributed by atoms with E-state index in [2.05, 4.69) is 9.05 Å². The molecule has 0 saturated carbocycles. The minimum Gasteiger partial charge on any atom is -0.442 e. The van der Waals surface area contributed by atoms with Crippen molar-refractivity contribution in [1.82, 2.24) is 0 Å². The standard InChI is InChI=1S/C9H16BO7P/c1-5-15-7(2)9(10)16-8(6-13-3)17-18(11,12)14-4/h1,7-9H,6H2,2-4H3,(H,11,12)/t7-,8?,9+/m0/s1. The van der Waals surface area contributed by atoms with Crippen LogP contribution in [0.3, 0.4) is 0 Å². The predicted octanol–water partition coefficient (Wildman–Crippen LogP) is 0.229. The van der Waals surface area contributed by atoms with E-state index in [1.165, 1.54) is 7.11 Å². The molecule has 0 aromatic heterocycles. The lowest BCUT2D eigenvalue weighted by molar-refractivity contribution is -0.152. The third-order valence-electron chi connectivity index (χ3n) is 1.81. The van der Waals surface area contributed by atoms with Crippen LogP contribution >= 0.6 is 7.82 Å². The first-order valence-electron chi connectivity index (χ1n) is 4.94. The molecule has 0 saturated heterocycles. The van der Waals surface area contributed by atoms with Crippen molar-refractivity contribution >= 4 is 15.7 Å². The average molecular weight is 278 g/mol. The van der Waals surface area contributed by atoms with E-state index in [0.717, 1.165) is 7.11 Å². The molecule has 0 aromatic rings. The Hall–Kier alpha value is -0.545. The summed E-state index contributed by atoms with van der Waals surface area (Å²) in [4.78, 5) is 9.15. The Balaban J connectivity index is 4.44. The van der Waals surface area contributed by atoms with Crippen LogP contribution in [0.2, 0.25) is 0 Å². The number of phosphoric acid groups is 1. The molecule has 0 aliphatic carbocycles. The van der Waals surface area contributed by atoms with Gasteiger partial charge in [0, 0.05) is 14.2 Å². The van der Waals surface area contributed by atoms with Gasteiger partial charge in [0.1, 0.15) is 20.1 Å². The second-order valence-corrected chi connectivity index (χ2v) is 4.70. The Morgan fingerprint density at radius 1 is 1.50 bits per heavy atom. The first-order chi connectivity index (χ1) is 8.36. The Morgan fingerprint density at radius 3 is 2.56 bits per heavy atom. The summed E-state index contributed by atoms with van der Waals surface area (Å²) >= 11 is 0. The minimum absolute atomic E-state index is 0.121. The third-order valence-corrected chi connectivity index (χ3v) is 2.77. The van der Waals surface area contributed by atoms with Crippen molar-refractivity contribution in [2.75, 3.05) is 20.8 Å². The number of ether oxygens (including phenoxy) is 3. The Kier molecular flexibility index (Phi) is 8.28. The first kappa shape index (κ1) is 17.5. The second kappa shape index (κ2) is 8.54. The van der Waals surface area contributed by atoms with Crippen molar-refractivity contribution in [3.8, 4) is 12.5 Å². The molecule has 0 bridgehead atoms. The summed E-state index contributed by atoms with van der Waals surface area (Å²) in [7, 11) is 3.79. The van der Waals surface area contributed by atoms with E-state index >= 15 is 0 Å². The lowest BCUT2D eigenvalue weighted by Crippen LogP contribution is -2.35. The highest BCUT2D eigenvalue weighted by Crippen LogP contribution is 2.43. The number of terminal acetylenes is 1. The molecule has 2 unspecified atom stereocenters. The van der Waals surface area contributed by atoms with Gasteiger partial charge < -0.3 is 19.1 Å². The van der Waals surface area contributed by atoms with Gasteiger partial charge in [0.15, 0.2) is 6.29 Å². The molecule has 2 radical (unpaired) electrons. The highest BCUT2D eigenvalue weighted by atomic mass is 31.2. The van der Waals surface area contributed by atoms with Gasteiger partial charge in [-0.3, -0.25) is 9.05 Å². The van der Waals surface area contributed by atoms with E-state index in [1.807, 2.05) is 6.11 Å². The van der Waals surface area contributed by atoms with Gasteiger partial charge in [-0.1, -0.05) is 6.42 Å². The van der Waals surface area contributed by atoms with Crippen LogP contribution in [0.15, 0.2) is 0 Å². The van der Waals surface area contributed by atoms with Crippen molar-refractivity contribution in [3.63, 3.8) is 0 Å². The van der Waals surface area contributed by atoms with Crippen LogP contribution < -0.4 is 0 Å². The summed E-state index contributed by atoms with van der Waals surface area (Å²) in [5.41, 5.74) is 0. The van der Waals surface area contributed by atoms with Gasteiger partial charge >= 0.3 is 7.82 Å². The normalized spacial score (nSPS) is 19.3. The zero-order chi connectivity index (χ0) is 14.2. The minimum atomic E-state index is -4.20. The highest BCUT2D eigenvalue weighted by molar-refractivity contribution is 7.47. The maximum Gasteiger partial charge on any atom is 0.474 e. The fourth-order valence-corrected chi connectivity index (χ4v) is 1.38. The summed E-state index contributed by atoms with van der Waals surface area (Å²) < 4.78 is 34.8. The van der Waals surface area contributed by atoms with Crippen molar-refractivity contribution in [2.24, 2.45) is 0 Å². The molecule has 0 aliphatic heterocycles. The van der Waals surface area contributed by atoms with E-state index < -0.39 is 26.2 Å². The van der Waals surface area contributed by atoms with Gasteiger partial charge in [-0.25, -0.2) is 4.57 Å². The zero-order valence-corrected chi connectivity index (χ0v) is 11.3. The molecule has 0 rings (SSSR count). The molecular formula is C9H16BO7P. The topological polar surface area (TPSA) is 83.5 Å². The van der Waals surface area contributed by atoms with Crippen LogP contribution in [-0.2, 0) is 27.8 Å². The van der Waals surface area contributed by atoms with Crippen LogP contribution in [0.1, 0.15) is 6.92 Å². The maximum atomic E-state index is 11.2.